The molecule has 1 amide bonds. The first kappa shape index (κ1) is 24.9. The lowest BCUT2D eigenvalue weighted by molar-refractivity contribution is -0.118. The monoisotopic (exact) mass is 497 g/mol. The number of carbonyl (C=O) groups excluding carboxylic acids is 1. The van der Waals surface area contributed by atoms with Crippen LogP contribution in [-0.2, 0) is 21.2 Å². The van der Waals surface area contributed by atoms with Crippen molar-refractivity contribution in [2.75, 3.05) is 11.9 Å². The number of hydrogen-bond donors (Lipinski definition) is 1. The van der Waals surface area contributed by atoms with Crippen molar-refractivity contribution in [3.8, 4) is 11.8 Å². The highest BCUT2D eigenvalue weighted by Gasteiger charge is 2.16. The van der Waals surface area contributed by atoms with Gasteiger partial charge in [0, 0.05) is 17.1 Å². The van der Waals surface area contributed by atoms with Crippen molar-refractivity contribution < 1.29 is 17.9 Å². The zero-order chi connectivity index (χ0) is 24.9. The van der Waals surface area contributed by atoms with Gasteiger partial charge in [0.15, 0.2) is 6.61 Å². The third-order valence-electron chi connectivity index (χ3n) is 4.91. The number of sulfonamides is 1. The second-order valence-corrected chi connectivity index (χ2v) is 9.62. The van der Waals surface area contributed by atoms with E-state index < -0.39 is 15.9 Å². The van der Waals surface area contributed by atoms with Gasteiger partial charge in [-0.25, -0.2) is 0 Å². The summed E-state index contributed by atoms with van der Waals surface area (Å²) >= 11 is 6.16. The summed E-state index contributed by atoms with van der Waals surface area (Å²) in [5, 5.41) is 12.4. The zero-order valence-corrected chi connectivity index (χ0v) is 19.9. The summed E-state index contributed by atoms with van der Waals surface area (Å²) in [4.78, 5) is 22.7. The van der Waals surface area contributed by atoms with Crippen molar-refractivity contribution in [3.63, 3.8) is 0 Å². The Morgan fingerprint density at radius 2 is 1.88 bits per heavy atom. The van der Waals surface area contributed by atoms with E-state index in [4.69, 9.17) is 16.3 Å². The molecule has 0 heterocycles. The number of nitrogens with one attached hydrogen (secondary N) is 1. The number of nitroso groups, excluding NO2 is 1. The number of aryl methyl sites for hydroxylation is 2. The van der Waals surface area contributed by atoms with Gasteiger partial charge in [0.2, 0.25) is 0 Å². The van der Waals surface area contributed by atoms with Crippen molar-refractivity contribution >= 4 is 33.2 Å². The lowest BCUT2D eigenvalue weighted by atomic mass is 10.00. The van der Waals surface area contributed by atoms with Gasteiger partial charge in [0.25, 0.3) is 5.91 Å². The van der Waals surface area contributed by atoms with Crippen LogP contribution in [0.2, 0.25) is 5.02 Å². The van der Waals surface area contributed by atoms with Gasteiger partial charge < -0.3 is 10.1 Å². The average molecular weight is 498 g/mol. The van der Waals surface area contributed by atoms with Crippen LogP contribution in [0.3, 0.4) is 0 Å². The topological polar surface area (TPSA) is 126 Å². The van der Waals surface area contributed by atoms with Gasteiger partial charge in [-0.1, -0.05) is 17.7 Å². The number of benzene rings is 3. The Morgan fingerprint density at radius 1 is 1.12 bits per heavy atom. The van der Waals surface area contributed by atoms with E-state index in [1.54, 1.807) is 37.3 Å². The van der Waals surface area contributed by atoms with Crippen molar-refractivity contribution in [2.24, 2.45) is 4.58 Å². The molecule has 0 unspecified atom stereocenters. The fourth-order valence-corrected chi connectivity index (χ4v) is 4.23. The maximum atomic E-state index is 12.5. The van der Waals surface area contributed by atoms with Crippen molar-refractivity contribution in [3.05, 3.63) is 92.3 Å². The summed E-state index contributed by atoms with van der Waals surface area (Å²) in [5.74, 6) is 0.00484. The molecule has 3 aromatic rings. The minimum atomic E-state index is -4.25. The molecule has 0 fully saturated rings. The largest absolute Gasteiger partial charge is 0.483 e. The third kappa shape index (κ3) is 6.19. The Labute approximate surface area is 202 Å². The molecule has 0 saturated heterocycles. The molecule has 0 saturated carbocycles. The fraction of sp³-hybridized carbons (Fsp3) is 0.167. The molecule has 0 aliphatic heterocycles. The van der Waals surface area contributed by atoms with E-state index in [1.165, 1.54) is 18.2 Å². The van der Waals surface area contributed by atoms with Crippen molar-refractivity contribution in [1.29, 1.82) is 5.26 Å². The van der Waals surface area contributed by atoms with Crippen LogP contribution in [0.25, 0.3) is 0 Å². The highest BCUT2D eigenvalue weighted by Crippen LogP contribution is 2.27. The predicted molar refractivity (Wildman–Crippen MR) is 128 cm³/mol. The number of carbonyl (C=O) groups is 1. The van der Waals surface area contributed by atoms with E-state index in [9.17, 15) is 23.4 Å². The maximum Gasteiger partial charge on any atom is 0.316 e. The number of nitriles is 1. The summed E-state index contributed by atoms with van der Waals surface area (Å²) in [6, 6.07) is 16.6. The summed E-state index contributed by atoms with van der Waals surface area (Å²) in [6.07, 6.45) is 0.452. The Hall–Kier alpha value is -3.74. The molecule has 174 valence electrons. The summed E-state index contributed by atoms with van der Waals surface area (Å²) in [5.41, 5.74) is 3.98. The van der Waals surface area contributed by atoms with Gasteiger partial charge in [0.1, 0.15) is 5.75 Å². The van der Waals surface area contributed by atoms with E-state index in [0.717, 1.165) is 16.7 Å². The standard InChI is InChI=1S/C24H20ClN3O5S/c1-15-7-17(10-18(8-15)13-26)11-19-12-20(25)3-6-23(19)33-14-24(29)27-22-5-4-21(9-16(22)2)34(31,32)28-30/h3-10,12H,11,14H2,1-2H3,(H,27,29). The Balaban J connectivity index is 1.72. The predicted octanol–water partition coefficient (Wildman–Crippen LogP) is 4.89. The van der Waals surface area contributed by atoms with Crippen LogP contribution >= 0.6 is 11.6 Å². The summed E-state index contributed by atoms with van der Waals surface area (Å²) in [6.45, 7) is 3.19. The van der Waals surface area contributed by atoms with Gasteiger partial charge >= 0.3 is 10.0 Å². The summed E-state index contributed by atoms with van der Waals surface area (Å²) < 4.78 is 31.0. The van der Waals surface area contributed by atoms with Crippen LogP contribution in [0.4, 0.5) is 5.69 Å². The SMILES string of the molecule is Cc1cc(C#N)cc(Cc2cc(Cl)ccc2OCC(=O)Nc2ccc(S(=O)(=O)N=O)cc2C)c1. The van der Waals surface area contributed by atoms with Crippen LogP contribution < -0.4 is 10.1 Å². The number of nitrogens with zero attached hydrogens (tertiary/aromatic N) is 2. The first-order valence-electron chi connectivity index (χ1n) is 10.0. The van der Waals surface area contributed by atoms with E-state index in [0.29, 0.717) is 34.0 Å². The first-order valence-corrected chi connectivity index (χ1v) is 11.8. The number of halogens is 1. The molecule has 8 nitrogen and oxygen atoms in total. The van der Waals surface area contributed by atoms with E-state index >= 15 is 0 Å². The molecule has 34 heavy (non-hydrogen) atoms. The summed E-state index contributed by atoms with van der Waals surface area (Å²) in [7, 11) is -4.25. The van der Waals surface area contributed by atoms with Crippen LogP contribution in [0.5, 0.6) is 5.75 Å². The fourth-order valence-electron chi connectivity index (χ4n) is 3.39. The smallest absolute Gasteiger partial charge is 0.316 e. The average Bonchev–Trinajstić information content (AvgIpc) is 2.79. The molecule has 0 aliphatic carbocycles. The Morgan fingerprint density at radius 3 is 2.56 bits per heavy atom. The molecule has 0 radical (unpaired) electrons. The van der Waals surface area contributed by atoms with Crippen molar-refractivity contribution in [1.82, 2.24) is 0 Å². The Kier molecular flexibility index (Phi) is 7.66. The minimum absolute atomic E-state index is 0.254. The Bertz CT molecular complexity index is 1410. The number of hydrogen-bond acceptors (Lipinski definition) is 6. The third-order valence-corrected chi connectivity index (χ3v) is 6.19. The molecule has 0 spiro atoms. The molecule has 0 atom stereocenters. The molecule has 0 aromatic heterocycles. The maximum absolute atomic E-state index is 12.5. The van der Waals surface area contributed by atoms with Crippen LogP contribution in [-0.4, -0.2) is 20.9 Å². The van der Waals surface area contributed by atoms with E-state index in [2.05, 4.69) is 16.0 Å². The number of anilines is 1. The minimum Gasteiger partial charge on any atom is -0.483 e. The van der Waals surface area contributed by atoms with Crippen LogP contribution in [0.15, 0.2) is 64.1 Å². The lowest BCUT2D eigenvalue weighted by Crippen LogP contribution is -2.21. The van der Waals surface area contributed by atoms with Crippen molar-refractivity contribution in [2.45, 2.75) is 25.2 Å². The van der Waals surface area contributed by atoms with E-state index in [1.807, 2.05) is 13.0 Å². The van der Waals surface area contributed by atoms with Gasteiger partial charge in [-0.15, -0.1) is 4.91 Å². The molecule has 3 rings (SSSR count). The molecule has 0 bridgehead atoms. The second kappa shape index (κ2) is 10.5. The lowest BCUT2D eigenvalue weighted by Gasteiger charge is -2.14. The van der Waals surface area contributed by atoms with Gasteiger partial charge in [-0.05, 0) is 84.6 Å². The number of amides is 1. The van der Waals surface area contributed by atoms with Gasteiger partial charge in [-0.3, -0.25) is 4.79 Å². The molecule has 10 heteroatoms. The number of rotatable bonds is 8. The van der Waals surface area contributed by atoms with E-state index in [-0.39, 0.29) is 11.5 Å². The highest BCUT2D eigenvalue weighted by molar-refractivity contribution is 7.90. The molecule has 0 aliphatic rings. The molecule has 1 N–H and O–H groups in total. The first-order chi connectivity index (χ1) is 16.1. The molecule has 3 aromatic carbocycles. The normalized spacial score (nSPS) is 10.9. The second-order valence-electron chi connectivity index (χ2n) is 7.61. The molecular formula is C24H20ClN3O5S. The van der Waals surface area contributed by atoms with Crippen LogP contribution in [0, 0.1) is 30.1 Å². The zero-order valence-electron chi connectivity index (χ0n) is 18.3. The van der Waals surface area contributed by atoms with Gasteiger partial charge in [-0.2, -0.15) is 13.7 Å². The quantitative estimate of drug-likeness (QED) is 0.441. The number of ether oxygens (including phenoxy) is 1. The van der Waals surface area contributed by atoms with Gasteiger partial charge in [0.05, 0.1) is 21.1 Å². The highest BCUT2D eigenvalue weighted by atomic mass is 35.5. The molecular weight excluding hydrogens is 478 g/mol. The van der Waals surface area contributed by atoms with Crippen LogP contribution in [0.1, 0.15) is 27.8 Å².